The molecule has 0 aliphatic heterocycles. The number of anilines is 1. The summed E-state index contributed by atoms with van der Waals surface area (Å²) in [5, 5.41) is 8.69. The predicted molar refractivity (Wildman–Crippen MR) is 119 cm³/mol. The summed E-state index contributed by atoms with van der Waals surface area (Å²) in [5.74, 6) is 0.925. The number of hydrogen-bond acceptors (Lipinski definition) is 4. The first-order chi connectivity index (χ1) is 13.6. The van der Waals surface area contributed by atoms with Gasteiger partial charge in [0.2, 0.25) is 0 Å². The van der Waals surface area contributed by atoms with E-state index in [0.717, 1.165) is 52.7 Å². The molecule has 0 atom stereocenters. The van der Waals surface area contributed by atoms with E-state index >= 15 is 0 Å². The maximum atomic E-state index is 6.40. The van der Waals surface area contributed by atoms with Gasteiger partial charge < -0.3 is 10.2 Å². The molecular formula is C21H25BrClN5. The summed E-state index contributed by atoms with van der Waals surface area (Å²) < 4.78 is 2.70. The van der Waals surface area contributed by atoms with Crippen LogP contribution in [-0.4, -0.2) is 45.7 Å². The van der Waals surface area contributed by atoms with Gasteiger partial charge in [0, 0.05) is 29.2 Å². The molecule has 3 aromatic rings. The van der Waals surface area contributed by atoms with Gasteiger partial charge in [0.15, 0.2) is 5.65 Å². The van der Waals surface area contributed by atoms with Crippen LogP contribution in [0.1, 0.15) is 32.1 Å². The Kier molecular flexibility index (Phi) is 6.19. The third-order valence-corrected chi connectivity index (χ3v) is 6.41. The van der Waals surface area contributed by atoms with Crippen LogP contribution in [0.2, 0.25) is 5.02 Å². The van der Waals surface area contributed by atoms with E-state index in [2.05, 4.69) is 38.3 Å². The molecule has 0 bridgehead atoms. The quantitative estimate of drug-likeness (QED) is 0.472. The summed E-state index contributed by atoms with van der Waals surface area (Å²) >= 11 is 9.95. The van der Waals surface area contributed by atoms with Gasteiger partial charge in [0.1, 0.15) is 5.82 Å². The van der Waals surface area contributed by atoms with E-state index in [1.807, 2.05) is 34.8 Å². The van der Waals surface area contributed by atoms with E-state index in [9.17, 15) is 0 Å². The number of nitrogens with one attached hydrogen (secondary N) is 1. The van der Waals surface area contributed by atoms with Crippen LogP contribution in [-0.2, 0) is 0 Å². The van der Waals surface area contributed by atoms with Crippen molar-refractivity contribution in [2.24, 2.45) is 0 Å². The topological polar surface area (TPSA) is 45.5 Å². The minimum Gasteiger partial charge on any atom is -0.370 e. The molecule has 148 valence electrons. The normalized spacial score (nSPS) is 15.0. The number of hydrogen-bond donors (Lipinski definition) is 1. The van der Waals surface area contributed by atoms with Crippen molar-refractivity contribution in [1.29, 1.82) is 0 Å². The zero-order valence-electron chi connectivity index (χ0n) is 16.0. The van der Waals surface area contributed by atoms with Crippen molar-refractivity contribution in [2.75, 3.05) is 25.5 Å². The maximum Gasteiger partial charge on any atom is 0.172 e. The highest BCUT2D eigenvalue weighted by Gasteiger charge is 2.19. The summed E-state index contributed by atoms with van der Waals surface area (Å²) in [6.45, 7) is 1.99. The molecule has 1 fully saturated rings. The van der Waals surface area contributed by atoms with Gasteiger partial charge in [0.25, 0.3) is 0 Å². The van der Waals surface area contributed by atoms with Gasteiger partial charge in [-0.3, -0.25) is 0 Å². The monoisotopic (exact) mass is 461 g/mol. The smallest absolute Gasteiger partial charge is 0.172 e. The van der Waals surface area contributed by atoms with Gasteiger partial charge in [-0.2, -0.15) is 9.61 Å². The molecule has 1 aromatic carbocycles. The average Bonchev–Trinajstić information content (AvgIpc) is 3.36. The van der Waals surface area contributed by atoms with E-state index in [1.54, 1.807) is 6.20 Å². The minimum atomic E-state index is 0.694. The number of benzene rings is 1. The first-order valence-corrected chi connectivity index (χ1v) is 11.0. The standard InChI is InChI=1S/C21H25BrClN5/c1-27(15-7-2-3-8-15)12-6-11-24-20-13-19(16-9-4-5-10-18(16)23)26-21-17(22)14-25-28(20)21/h4-5,9-10,13-15,24H,2-3,6-8,11-12H2,1H3. The second-order valence-corrected chi connectivity index (χ2v) is 8.70. The SMILES string of the molecule is CN(CCCNc1cc(-c2ccccc2Cl)nc2c(Br)cnn12)C1CCCC1. The molecule has 1 aliphatic carbocycles. The molecule has 28 heavy (non-hydrogen) atoms. The summed E-state index contributed by atoms with van der Waals surface area (Å²) in [7, 11) is 2.25. The molecule has 2 heterocycles. The maximum absolute atomic E-state index is 6.40. The molecule has 0 unspecified atom stereocenters. The van der Waals surface area contributed by atoms with Crippen LogP contribution in [0.25, 0.3) is 16.9 Å². The highest BCUT2D eigenvalue weighted by atomic mass is 79.9. The van der Waals surface area contributed by atoms with Gasteiger partial charge in [-0.25, -0.2) is 4.98 Å². The van der Waals surface area contributed by atoms with Crippen molar-refractivity contribution < 1.29 is 0 Å². The van der Waals surface area contributed by atoms with Crippen LogP contribution in [0.5, 0.6) is 0 Å². The van der Waals surface area contributed by atoms with Gasteiger partial charge in [-0.15, -0.1) is 0 Å². The molecule has 7 heteroatoms. The number of fused-ring (bicyclic) bond motifs is 1. The molecule has 0 saturated heterocycles. The van der Waals surface area contributed by atoms with Crippen LogP contribution < -0.4 is 5.32 Å². The Morgan fingerprint density at radius 2 is 2.07 bits per heavy atom. The first kappa shape index (κ1) is 19.7. The molecule has 0 spiro atoms. The fraction of sp³-hybridized carbons (Fsp3) is 0.429. The Hall–Kier alpha value is -1.63. The second-order valence-electron chi connectivity index (χ2n) is 7.43. The van der Waals surface area contributed by atoms with Crippen molar-refractivity contribution in [1.82, 2.24) is 19.5 Å². The Morgan fingerprint density at radius 3 is 2.86 bits per heavy atom. The van der Waals surface area contributed by atoms with Crippen molar-refractivity contribution in [3.8, 4) is 11.3 Å². The molecule has 0 amide bonds. The van der Waals surface area contributed by atoms with Gasteiger partial charge in [-0.05, 0) is 54.9 Å². The van der Waals surface area contributed by atoms with Crippen LogP contribution in [0.3, 0.4) is 0 Å². The van der Waals surface area contributed by atoms with Crippen LogP contribution in [0.15, 0.2) is 41.0 Å². The summed E-state index contributed by atoms with van der Waals surface area (Å²) in [5.41, 5.74) is 2.54. The Morgan fingerprint density at radius 1 is 1.29 bits per heavy atom. The molecule has 5 nitrogen and oxygen atoms in total. The molecule has 1 N–H and O–H groups in total. The largest absolute Gasteiger partial charge is 0.370 e. The van der Waals surface area contributed by atoms with Gasteiger partial charge in [0.05, 0.1) is 16.4 Å². The predicted octanol–water partition coefficient (Wildman–Crippen LogP) is 5.49. The fourth-order valence-electron chi connectivity index (χ4n) is 3.94. The number of aromatic nitrogens is 3. The zero-order valence-corrected chi connectivity index (χ0v) is 18.4. The van der Waals surface area contributed by atoms with Crippen LogP contribution >= 0.6 is 27.5 Å². The average molecular weight is 463 g/mol. The van der Waals surface area contributed by atoms with Gasteiger partial charge >= 0.3 is 0 Å². The Labute approximate surface area is 179 Å². The lowest BCUT2D eigenvalue weighted by atomic mass is 10.1. The minimum absolute atomic E-state index is 0.694. The van der Waals surface area contributed by atoms with Crippen molar-refractivity contribution in [3.63, 3.8) is 0 Å². The number of rotatable bonds is 7. The Bertz CT molecular complexity index is 951. The summed E-state index contributed by atoms with van der Waals surface area (Å²) in [6.07, 6.45) is 8.30. The Balaban J connectivity index is 1.50. The molecule has 1 aliphatic rings. The summed E-state index contributed by atoms with van der Waals surface area (Å²) in [6, 6.07) is 10.6. The van der Waals surface area contributed by atoms with Crippen molar-refractivity contribution in [2.45, 2.75) is 38.1 Å². The lowest BCUT2D eigenvalue weighted by Gasteiger charge is -2.24. The lowest BCUT2D eigenvalue weighted by molar-refractivity contribution is 0.245. The van der Waals surface area contributed by atoms with Crippen LogP contribution in [0, 0.1) is 0 Å². The summed E-state index contributed by atoms with van der Waals surface area (Å²) in [4.78, 5) is 7.27. The van der Waals surface area contributed by atoms with E-state index < -0.39 is 0 Å². The highest BCUT2D eigenvalue weighted by molar-refractivity contribution is 9.10. The highest BCUT2D eigenvalue weighted by Crippen LogP contribution is 2.30. The van der Waals surface area contributed by atoms with E-state index in [4.69, 9.17) is 16.6 Å². The van der Waals surface area contributed by atoms with Gasteiger partial charge in [-0.1, -0.05) is 42.6 Å². The molecule has 4 rings (SSSR count). The molecule has 2 aromatic heterocycles. The van der Waals surface area contributed by atoms with Crippen LogP contribution in [0.4, 0.5) is 5.82 Å². The first-order valence-electron chi connectivity index (χ1n) is 9.87. The lowest BCUT2D eigenvalue weighted by Crippen LogP contribution is -2.31. The zero-order chi connectivity index (χ0) is 19.5. The molecule has 1 saturated carbocycles. The van der Waals surface area contributed by atoms with Crippen molar-refractivity contribution in [3.05, 3.63) is 46.0 Å². The van der Waals surface area contributed by atoms with E-state index in [1.165, 1.54) is 25.7 Å². The van der Waals surface area contributed by atoms with E-state index in [0.29, 0.717) is 5.02 Å². The number of halogens is 2. The number of nitrogens with zero attached hydrogens (tertiary/aromatic N) is 4. The molecule has 0 radical (unpaired) electrons. The van der Waals surface area contributed by atoms with E-state index in [-0.39, 0.29) is 0 Å². The third-order valence-electron chi connectivity index (χ3n) is 5.52. The van der Waals surface area contributed by atoms with Crippen molar-refractivity contribution >= 4 is 39.0 Å². The second kappa shape index (κ2) is 8.80. The fourth-order valence-corrected chi connectivity index (χ4v) is 4.52. The third kappa shape index (κ3) is 4.19. The molecular weight excluding hydrogens is 438 g/mol.